The molecule has 1 saturated heterocycles. The molecule has 0 bridgehead atoms. The molecule has 1 aliphatic heterocycles. The van der Waals surface area contributed by atoms with Crippen LogP contribution in [0.2, 0.25) is 5.02 Å². The molecule has 5 rings (SSSR count). The number of piperazine rings is 1. The number of hydrogen-bond acceptors (Lipinski definition) is 4. The van der Waals surface area contributed by atoms with Gasteiger partial charge < -0.3 is 9.88 Å². The molecule has 4 aromatic rings. The van der Waals surface area contributed by atoms with Crippen LogP contribution in [0, 0.1) is 5.82 Å². The van der Waals surface area contributed by atoms with Crippen molar-refractivity contribution in [2.75, 3.05) is 37.6 Å². The molecule has 0 amide bonds. The molecule has 1 fully saturated rings. The molecule has 1 N–H and O–H groups in total. The van der Waals surface area contributed by atoms with E-state index in [0.717, 1.165) is 65.8 Å². The molecule has 0 radical (unpaired) electrons. The molecule has 3 heterocycles. The van der Waals surface area contributed by atoms with Crippen molar-refractivity contribution in [2.24, 2.45) is 0 Å². The summed E-state index contributed by atoms with van der Waals surface area (Å²) in [6, 6.07) is 12.8. The quantitative estimate of drug-likeness (QED) is 0.489. The Kier molecular flexibility index (Phi) is 5.23. The molecule has 30 heavy (non-hydrogen) atoms. The van der Waals surface area contributed by atoms with Gasteiger partial charge in [-0.1, -0.05) is 23.7 Å². The zero-order chi connectivity index (χ0) is 20.7. The molecule has 2 aromatic carbocycles. The van der Waals surface area contributed by atoms with Gasteiger partial charge in [-0.3, -0.25) is 9.69 Å². The minimum absolute atomic E-state index is 0.170. The van der Waals surface area contributed by atoms with Gasteiger partial charge in [0, 0.05) is 59.9 Å². The fourth-order valence-corrected chi connectivity index (χ4v) is 5.30. The second kappa shape index (κ2) is 8.02. The number of anilines is 1. The topological polar surface area (TPSA) is 39.3 Å². The first kappa shape index (κ1) is 19.5. The largest absolute Gasteiger partial charge is 0.368 e. The summed E-state index contributed by atoms with van der Waals surface area (Å²) in [5.41, 5.74) is 2.77. The molecule has 0 saturated carbocycles. The van der Waals surface area contributed by atoms with Crippen molar-refractivity contribution in [3.8, 4) is 0 Å². The second-order valence-electron chi connectivity index (χ2n) is 7.70. The zero-order valence-electron chi connectivity index (χ0n) is 16.3. The number of fused-ring (bicyclic) bond motifs is 2. The number of benzene rings is 2. The van der Waals surface area contributed by atoms with Crippen molar-refractivity contribution in [1.29, 1.82) is 0 Å². The number of hydrogen-bond donors (Lipinski definition) is 1. The summed E-state index contributed by atoms with van der Waals surface area (Å²) in [5, 5.41) is 4.50. The standard InChI is InChI=1S/C23H21ClFN3OS/c24-19-14-23(29)26-20-11-15(1-2-17(19)20)3-5-27-6-8-28(9-7-27)21-12-16(25)13-22-18(21)4-10-30-22/h1-2,4,10-14H,3,5-9H2,(H,26,29). The summed E-state index contributed by atoms with van der Waals surface area (Å²) >= 11 is 7.74. The first-order valence-corrected chi connectivity index (χ1v) is 11.3. The average molecular weight is 442 g/mol. The van der Waals surface area contributed by atoms with Crippen molar-refractivity contribution >= 4 is 49.6 Å². The molecule has 0 atom stereocenters. The molecule has 2 aromatic heterocycles. The number of thiophene rings is 1. The van der Waals surface area contributed by atoms with Crippen molar-refractivity contribution in [3.63, 3.8) is 0 Å². The molecule has 7 heteroatoms. The van der Waals surface area contributed by atoms with Crippen LogP contribution in [-0.4, -0.2) is 42.6 Å². The SMILES string of the molecule is O=c1cc(Cl)c2ccc(CCN3CCN(c4cc(F)cc5sccc45)CC3)cc2[nH]1. The van der Waals surface area contributed by atoms with Gasteiger partial charge in [0.2, 0.25) is 5.56 Å². The van der Waals surface area contributed by atoms with Gasteiger partial charge in [-0.05, 0) is 41.6 Å². The van der Waals surface area contributed by atoms with Crippen molar-refractivity contribution in [3.05, 3.63) is 74.6 Å². The first-order valence-electron chi connectivity index (χ1n) is 10.0. The van der Waals surface area contributed by atoms with Crippen molar-refractivity contribution in [2.45, 2.75) is 6.42 Å². The third-order valence-corrected chi connectivity index (χ3v) is 6.98. The Morgan fingerprint density at radius 1 is 1.03 bits per heavy atom. The van der Waals surface area contributed by atoms with Crippen molar-refractivity contribution < 1.29 is 4.39 Å². The van der Waals surface area contributed by atoms with E-state index in [1.807, 2.05) is 17.5 Å². The lowest BCUT2D eigenvalue weighted by molar-refractivity contribution is 0.261. The van der Waals surface area contributed by atoms with Crippen LogP contribution < -0.4 is 10.5 Å². The van der Waals surface area contributed by atoms with Gasteiger partial charge in [-0.25, -0.2) is 4.39 Å². The van der Waals surface area contributed by atoms with E-state index >= 15 is 0 Å². The van der Waals surface area contributed by atoms with Crippen LogP contribution in [0.25, 0.3) is 21.0 Å². The summed E-state index contributed by atoms with van der Waals surface area (Å²) < 4.78 is 15.0. The Balaban J connectivity index is 1.24. The molecule has 4 nitrogen and oxygen atoms in total. The Morgan fingerprint density at radius 2 is 1.87 bits per heavy atom. The zero-order valence-corrected chi connectivity index (χ0v) is 17.9. The maximum Gasteiger partial charge on any atom is 0.249 e. The van der Waals surface area contributed by atoms with E-state index in [4.69, 9.17) is 11.6 Å². The average Bonchev–Trinajstić information content (AvgIpc) is 3.20. The highest BCUT2D eigenvalue weighted by molar-refractivity contribution is 7.17. The summed E-state index contributed by atoms with van der Waals surface area (Å²) in [4.78, 5) is 19.3. The second-order valence-corrected chi connectivity index (χ2v) is 9.05. The highest BCUT2D eigenvalue weighted by Gasteiger charge is 2.19. The smallest absolute Gasteiger partial charge is 0.249 e. The molecular formula is C23H21ClFN3OS. The lowest BCUT2D eigenvalue weighted by Gasteiger charge is -2.36. The fraction of sp³-hybridized carbons (Fsp3) is 0.261. The molecule has 0 aliphatic carbocycles. The lowest BCUT2D eigenvalue weighted by Crippen LogP contribution is -2.47. The molecular weight excluding hydrogens is 421 g/mol. The Bertz CT molecular complexity index is 1280. The molecule has 0 spiro atoms. The van der Waals surface area contributed by atoms with Gasteiger partial charge in [-0.15, -0.1) is 11.3 Å². The minimum atomic E-state index is -0.183. The van der Waals surface area contributed by atoms with Gasteiger partial charge in [0.1, 0.15) is 5.82 Å². The fourth-order valence-electron chi connectivity index (χ4n) is 4.20. The Labute approximate surface area is 182 Å². The number of nitrogens with zero attached hydrogens (tertiary/aromatic N) is 2. The normalized spacial score (nSPS) is 15.3. The van der Waals surface area contributed by atoms with E-state index in [1.54, 1.807) is 23.5 Å². The van der Waals surface area contributed by atoms with E-state index in [-0.39, 0.29) is 11.4 Å². The van der Waals surface area contributed by atoms with E-state index in [9.17, 15) is 9.18 Å². The summed E-state index contributed by atoms with van der Waals surface area (Å²) in [6.45, 7) is 4.60. The third-order valence-electron chi connectivity index (χ3n) is 5.80. The molecule has 154 valence electrons. The number of halogens is 2. The predicted molar refractivity (Wildman–Crippen MR) is 124 cm³/mol. The van der Waals surface area contributed by atoms with Gasteiger partial charge in [-0.2, -0.15) is 0 Å². The van der Waals surface area contributed by atoms with Crippen LogP contribution in [0.1, 0.15) is 5.56 Å². The number of aromatic nitrogens is 1. The number of nitrogens with one attached hydrogen (secondary N) is 1. The minimum Gasteiger partial charge on any atom is -0.368 e. The summed E-state index contributed by atoms with van der Waals surface area (Å²) in [5.74, 6) is -0.170. The number of aromatic amines is 1. The molecule has 1 aliphatic rings. The van der Waals surface area contributed by atoms with Crippen LogP contribution in [0.15, 0.2) is 52.6 Å². The number of rotatable bonds is 4. The van der Waals surface area contributed by atoms with Crippen LogP contribution in [0.5, 0.6) is 0 Å². The monoisotopic (exact) mass is 441 g/mol. The van der Waals surface area contributed by atoms with Gasteiger partial charge >= 0.3 is 0 Å². The highest BCUT2D eigenvalue weighted by atomic mass is 35.5. The van der Waals surface area contributed by atoms with Crippen LogP contribution >= 0.6 is 22.9 Å². The number of H-pyrrole nitrogens is 1. The highest BCUT2D eigenvalue weighted by Crippen LogP contribution is 2.32. The van der Waals surface area contributed by atoms with Crippen LogP contribution in [0.4, 0.5) is 10.1 Å². The van der Waals surface area contributed by atoms with Gasteiger partial charge in [0.25, 0.3) is 0 Å². The Morgan fingerprint density at radius 3 is 2.70 bits per heavy atom. The summed E-state index contributed by atoms with van der Waals surface area (Å²) in [6.07, 6.45) is 0.902. The summed E-state index contributed by atoms with van der Waals surface area (Å²) in [7, 11) is 0. The van der Waals surface area contributed by atoms with E-state index in [1.165, 1.54) is 11.6 Å². The Hall–Kier alpha value is -2.41. The van der Waals surface area contributed by atoms with Crippen LogP contribution in [0.3, 0.4) is 0 Å². The van der Waals surface area contributed by atoms with E-state index in [2.05, 4.69) is 26.9 Å². The van der Waals surface area contributed by atoms with Crippen molar-refractivity contribution in [1.82, 2.24) is 9.88 Å². The lowest BCUT2D eigenvalue weighted by atomic mass is 10.1. The predicted octanol–water partition coefficient (Wildman–Crippen LogP) is 4.90. The third kappa shape index (κ3) is 3.83. The first-order chi connectivity index (χ1) is 14.6. The maximum absolute atomic E-state index is 14.0. The maximum atomic E-state index is 14.0. The van der Waals surface area contributed by atoms with E-state index < -0.39 is 0 Å². The van der Waals surface area contributed by atoms with Crippen LogP contribution in [-0.2, 0) is 6.42 Å². The number of pyridine rings is 1. The van der Waals surface area contributed by atoms with Gasteiger partial charge in [0.05, 0.1) is 10.5 Å². The molecule has 0 unspecified atom stereocenters. The van der Waals surface area contributed by atoms with E-state index in [0.29, 0.717) is 5.02 Å². The van der Waals surface area contributed by atoms with Gasteiger partial charge in [0.15, 0.2) is 0 Å².